The molecule has 1 aromatic carbocycles. The Morgan fingerprint density at radius 3 is 2.39 bits per heavy atom. The maximum absolute atomic E-state index is 13.2. The predicted octanol–water partition coefficient (Wildman–Crippen LogP) is 5.54. The highest BCUT2D eigenvalue weighted by molar-refractivity contribution is 7.12. The molecule has 1 aromatic heterocycles. The maximum Gasteiger partial charge on any atom is 0.307 e. The Bertz CT molecular complexity index is 998. The van der Waals surface area contributed by atoms with Gasteiger partial charge in [-0.15, -0.1) is 11.3 Å². The fourth-order valence-electron chi connectivity index (χ4n) is 4.84. The van der Waals surface area contributed by atoms with Crippen molar-refractivity contribution < 1.29 is 19.5 Å². The number of carboxylic acid groups (broad SMARTS) is 1. The van der Waals surface area contributed by atoms with E-state index in [2.05, 4.69) is 5.32 Å². The van der Waals surface area contributed by atoms with Crippen molar-refractivity contribution in [2.24, 2.45) is 11.8 Å². The van der Waals surface area contributed by atoms with Crippen LogP contribution in [0.5, 0.6) is 0 Å². The highest BCUT2D eigenvalue weighted by Gasteiger charge is 2.36. The van der Waals surface area contributed by atoms with Crippen molar-refractivity contribution in [1.82, 2.24) is 0 Å². The van der Waals surface area contributed by atoms with Crippen molar-refractivity contribution >= 4 is 46.3 Å². The summed E-state index contributed by atoms with van der Waals surface area (Å²) in [5.41, 5.74) is 2.33. The number of Topliss-reactive ketones (excluding diaryl/α,β-unsaturated/α-hetero) is 1. The molecule has 2 atom stereocenters. The number of aliphatic carboxylic acids is 1. The minimum atomic E-state index is -0.885. The number of carbonyl (C=O) groups excluding carboxylic acids is 2. The number of carbonyl (C=O) groups is 3. The molecule has 1 saturated carbocycles. The van der Waals surface area contributed by atoms with Crippen molar-refractivity contribution in [3.05, 3.63) is 50.2 Å². The number of hydrogen-bond donors (Lipinski definition) is 2. The molecule has 5 nitrogen and oxygen atoms in total. The second-order valence-electron chi connectivity index (χ2n) is 8.45. The molecule has 0 bridgehead atoms. The third-order valence-corrected chi connectivity index (χ3v) is 7.95. The number of fused-ring (bicyclic) bond motifs is 1. The highest BCUT2D eigenvalue weighted by Crippen LogP contribution is 2.37. The average Bonchev–Trinajstić information content (AvgIpc) is 3.13. The van der Waals surface area contributed by atoms with E-state index in [-0.39, 0.29) is 18.1 Å². The summed E-state index contributed by atoms with van der Waals surface area (Å²) in [6, 6.07) is 6.95. The van der Waals surface area contributed by atoms with E-state index in [1.165, 1.54) is 4.88 Å². The largest absolute Gasteiger partial charge is 0.481 e. The second kappa shape index (κ2) is 9.53. The van der Waals surface area contributed by atoms with Gasteiger partial charge in [-0.3, -0.25) is 14.4 Å². The zero-order valence-corrected chi connectivity index (χ0v) is 18.9. The minimum Gasteiger partial charge on any atom is -0.481 e. The number of halogens is 1. The summed E-state index contributed by atoms with van der Waals surface area (Å²) in [6.45, 7) is 0. The number of nitrogens with one attached hydrogen (secondary N) is 1. The number of amides is 1. The fourth-order valence-corrected chi connectivity index (χ4v) is 6.37. The van der Waals surface area contributed by atoms with E-state index in [4.69, 9.17) is 11.6 Å². The Morgan fingerprint density at radius 2 is 1.68 bits per heavy atom. The van der Waals surface area contributed by atoms with E-state index in [1.807, 2.05) is 0 Å². The first-order valence-electron chi connectivity index (χ1n) is 10.9. The van der Waals surface area contributed by atoms with Crippen LogP contribution in [0.15, 0.2) is 24.3 Å². The van der Waals surface area contributed by atoms with Crippen molar-refractivity contribution in [3.8, 4) is 0 Å². The van der Waals surface area contributed by atoms with Gasteiger partial charge in [0.25, 0.3) is 5.91 Å². The number of rotatable bonds is 6. The normalized spacial score (nSPS) is 20.7. The van der Waals surface area contributed by atoms with Crippen molar-refractivity contribution in [2.75, 3.05) is 5.32 Å². The van der Waals surface area contributed by atoms with Crippen LogP contribution in [0.4, 0.5) is 5.69 Å². The van der Waals surface area contributed by atoms with Gasteiger partial charge in [0, 0.05) is 32.8 Å². The number of aryl methyl sites for hydroxylation is 1. The first kappa shape index (κ1) is 22.0. The molecular formula is C24H26ClNO4S. The van der Waals surface area contributed by atoms with Crippen LogP contribution >= 0.6 is 22.9 Å². The van der Waals surface area contributed by atoms with Crippen LogP contribution in [0, 0.1) is 11.8 Å². The van der Waals surface area contributed by atoms with Crippen molar-refractivity contribution in [2.45, 2.75) is 57.8 Å². The Labute approximate surface area is 190 Å². The lowest BCUT2D eigenvalue weighted by atomic mass is 9.76. The fraction of sp³-hybridized carbons (Fsp3) is 0.458. The molecule has 31 heavy (non-hydrogen) atoms. The molecule has 4 rings (SSSR count). The van der Waals surface area contributed by atoms with Gasteiger partial charge in [0.1, 0.15) is 5.78 Å². The zero-order valence-electron chi connectivity index (χ0n) is 17.3. The zero-order chi connectivity index (χ0) is 22.0. The maximum atomic E-state index is 13.2. The van der Waals surface area contributed by atoms with Gasteiger partial charge >= 0.3 is 5.97 Å². The molecule has 0 saturated heterocycles. The molecule has 164 valence electrons. The number of carboxylic acids is 1. The first-order chi connectivity index (χ1) is 14.9. The number of thiophene rings is 1. The van der Waals surface area contributed by atoms with Crippen LogP contribution in [0.25, 0.3) is 0 Å². The van der Waals surface area contributed by atoms with Crippen molar-refractivity contribution in [3.63, 3.8) is 0 Å². The second-order valence-corrected chi connectivity index (χ2v) is 10.1. The number of anilines is 1. The molecule has 2 aliphatic carbocycles. The third-order valence-electron chi connectivity index (χ3n) is 6.40. The smallest absolute Gasteiger partial charge is 0.307 e. The van der Waals surface area contributed by atoms with E-state index in [9.17, 15) is 19.5 Å². The highest BCUT2D eigenvalue weighted by atomic mass is 35.5. The van der Waals surface area contributed by atoms with Gasteiger partial charge in [-0.2, -0.15) is 0 Å². The quantitative estimate of drug-likeness (QED) is 0.594. The molecule has 1 amide bonds. The van der Waals surface area contributed by atoms with Crippen LogP contribution in [-0.4, -0.2) is 22.8 Å². The van der Waals surface area contributed by atoms with Crippen LogP contribution in [0.3, 0.4) is 0 Å². The number of hydrogen-bond acceptors (Lipinski definition) is 4. The van der Waals surface area contributed by atoms with Crippen LogP contribution in [-0.2, 0) is 28.9 Å². The molecule has 0 aliphatic heterocycles. The number of benzene rings is 1. The lowest BCUT2D eigenvalue weighted by Crippen LogP contribution is -2.33. The molecule has 0 radical (unpaired) electrons. The average molecular weight is 460 g/mol. The molecule has 1 heterocycles. The predicted molar refractivity (Wildman–Crippen MR) is 122 cm³/mol. The van der Waals surface area contributed by atoms with Crippen molar-refractivity contribution in [1.29, 1.82) is 0 Å². The Kier molecular flexibility index (Phi) is 6.77. The summed E-state index contributed by atoms with van der Waals surface area (Å²) < 4.78 is 0. The minimum absolute atomic E-state index is 0.0498. The molecular weight excluding hydrogens is 434 g/mol. The monoisotopic (exact) mass is 459 g/mol. The van der Waals surface area contributed by atoms with E-state index in [1.54, 1.807) is 35.6 Å². The Hall–Kier alpha value is -2.18. The van der Waals surface area contributed by atoms with Gasteiger partial charge in [0.15, 0.2) is 0 Å². The standard InChI is InChI=1S/C24H26ClNO4S/c25-14-9-11-15(12-10-14)26-23(28)22-18-7-3-4-8-20(18)31-21(22)13-19(27)16-5-1-2-6-17(16)24(29)30/h9-12,16-17H,1-8,13H2,(H,26,28)(H,29,30). The van der Waals surface area contributed by atoms with Crippen LogP contribution in [0.2, 0.25) is 5.02 Å². The number of ketones is 1. The van der Waals surface area contributed by atoms with Crippen LogP contribution in [0.1, 0.15) is 64.2 Å². The Morgan fingerprint density at radius 1 is 1.00 bits per heavy atom. The lowest BCUT2D eigenvalue weighted by molar-refractivity contribution is -0.148. The lowest BCUT2D eigenvalue weighted by Gasteiger charge is -2.27. The van der Waals surface area contributed by atoms with Gasteiger partial charge in [-0.1, -0.05) is 24.4 Å². The molecule has 7 heteroatoms. The molecule has 2 aromatic rings. The SMILES string of the molecule is O=C(Nc1ccc(Cl)cc1)c1c(CC(=O)C2CCCCC2C(=O)O)sc2c1CCCC2. The Balaban J connectivity index is 1.60. The van der Waals surface area contributed by atoms with Gasteiger partial charge < -0.3 is 10.4 Å². The molecule has 1 fully saturated rings. The molecule has 0 spiro atoms. The molecule has 2 unspecified atom stereocenters. The summed E-state index contributed by atoms with van der Waals surface area (Å²) in [5, 5.41) is 13.1. The molecule has 2 aliphatic rings. The van der Waals surface area contributed by atoms with Gasteiger partial charge in [0.05, 0.1) is 11.5 Å². The third kappa shape index (κ3) is 4.85. The first-order valence-corrected chi connectivity index (χ1v) is 12.1. The summed E-state index contributed by atoms with van der Waals surface area (Å²) in [4.78, 5) is 40.0. The van der Waals surface area contributed by atoms with E-state index in [0.717, 1.165) is 49.0 Å². The summed E-state index contributed by atoms with van der Waals surface area (Å²) in [6.07, 6.45) is 6.92. The summed E-state index contributed by atoms with van der Waals surface area (Å²) >= 11 is 7.50. The van der Waals surface area contributed by atoms with Gasteiger partial charge in [-0.05, 0) is 68.4 Å². The van der Waals surface area contributed by atoms with Gasteiger partial charge in [-0.25, -0.2) is 0 Å². The van der Waals surface area contributed by atoms with E-state index >= 15 is 0 Å². The van der Waals surface area contributed by atoms with E-state index < -0.39 is 17.8 Å². The summed E-state index contributed by atoms with van der Waals surface area (Å²) in [5.74, 6) is -2.21. The van der Waals surface area contributed by atoms with Gasteiger partial charge in [0.2, 0.25) is 0 Å². The summed E-state index contributed by atoms with van der Waals surface area (Å²) in [7, 11) is 0. The topological polar surface area (TPSA) is 83.5 Å². The molecule has 2 N–H and O–H groups in total. The van der Waals surface area contributed by atoms with Crippen LogP contribution < -0.4 is 5.32 Å². The van der Waals surface area contributed by atoms with E-state index in [0.29, 0.717) is 29.1 Å².